The zero-order valence-corrected chi connectivity index (χ0v) is 12.4. The van der Waals surface area contributed by atoms with Crippen LogP contribution in [0.25, 0.3) is 9.75 Å². The van der Waals surface area contributed by atoms with Crippen LogP contribution in [0.3, 0.4) is 0 Å². The van der Waals surface area contributed by atoms with Gasteiger partial charge in [0.2, 0.25) is 0 Å². The lowest BCUT2D eigenvalue weighted by Crippen LogP contribution is -1.99. The van der Waals surface area contributed by atoms with Crippen molar-refractivity contribution in [2.45, 2.75) is 19.8 Å². The maximum Gasteiger partial charge on any atom is 0.356 e. The molecule has 0 aliphatic heterocycles. The minimum atomic E-state index is -0.965. The molecule has 90 valence electrons. The Morgan fingerprint density at radius 3 is 2.59 bits per heavy atom. The number of aromatic carboxylic acids is 1. The smallest absolute Gasteiger partial charge is 0.356 e. The Morgan fingerprint density at radius 2 is 2.12 bits per heavy atom. The van der Waals surface area contributed by atoms with Gasteiger partial charge in [0.25, 0.3) is 0 Å². The van der Waals surface area contributed by atoms with E-state index in [1.54, 1.807) is 0 Å². The first kappa shape index (κ1) is 12.7. The summed E-state index contributed by atoms with van der Waals surface area (Å²) in [6.07, 6.45) is 0. The van der Waals surface area contributed by atoms with Crippen LogP contribution in [-0.4, -0.2) is 16.1 Å². The molecule has 2 rings (SSSR count). The SMILES string of the molecule is CC(C)c1nc(C(=O)O)c(-c2ccc(Br)s2)s1. The maximum absolute atomic E-state index is 11.2. The van der Waals surface area contributed by atoms with Gasteiger partial charge in [-0.15, -0.1) is 22.7 Å². The molecular weight excluding hydrogens is 322 g/mol. The highest BCUT2D eigenvalue weighted by Gasteiger charge is 2.21. The van der Waals surface area contributed by atoms with Crippen molar-refractivity contribution >= 4 is 44.6 Å². The Morgan fingerprint density at radius 1 is 1.41 bits per heavy atom. The van der Waals surface area contributed by atoms with E-state index in [1.165, 1.54) is 22.7 Å². The molecule has 6 heteroatoms. The minimum Gasteiger partial charge on any atom is -0.476 e. The van der Waals surface area contributed by atoms with Crippen LogP contribution < -0.4 is 0 Å². The largest absolute Gasteiger partial charge is 0.476 e. The van der Waals surface area contributed by atoms with Crippen molar-refractivity contribution in [3.05, 3.63) is 26.6 Å². The van der Waals surface area contributed by atoms with Gasteiger partial charge in [0.05, 0.1) is 13.7 Å². The number of nitrogens with zero attached hydrogens (tertiary/aromatic N) is 1. The van der Waals surface area contributed by atoms with E-state index in [0.717, 1.165) is 18.5 Å². The average Bonchev–Trinajstić information content (AvgIpc) is 2.82. The molecule has 0 aliphatic rings. The van der Waals surface area contributed by atoms with Crippen molar-refractivity contribution in [1.82, 2.24) is 4.98 Å². The zero-order chi connectivity index (χ0) is 12.6. The van der Waals surface area contributed by atoms with E-state index in [1.807, 2.05) is 26.0 Å². The van der Waals surface area contributed by atoms with Crippen LogP contribution in [0, 0.1) is 0 Å². The summed E-state index contributed by atoms with van der Waals surface area (Å²) in [4.78, 5) is 17.1. The highest BCUT2D eigenvalue weighted by atomic mass is 79.9. The lowest BCUT2D eigenvalue weighted by Gasteiger charge is -1.94. The van der Waals surface area contributed by atoms with Gasteiger partial charge in [0.15, 0.2) is 5.69 Å². The van der Waals surface area contributed by atoms with Gasteiger partial charge in [0.1, 0.15) is 0 Å². The molecule has 0 saturated carbocycles. The lowest BCUT2D eigenvalue weighted by molar-refractivity contribution is 0.0692. The quantitative estimate of drug-likeness (QED) is 0.903. The first-order valence-electron chi connectivity index (χ1n) is 4.98. The van der Waals surface area contributed by atoms with E-state index < -0.39 is 5.97 Å². The van der Waals surface area contributed by atoms with Crippen LogP contribution in [0.4, 0.5) is 0 Å². The summed E-state index contributed by atoms with van der Waals surface area (Å²) in [5.41, 5.74) is 0.160. The molecule has 1 N–H and O–H groups in total. The number of hydrogen-bond donors (Lipinski definition) is 1. The van der Waals surface area contributed by atoms with Crippen molar-refractivity contribution in [1.29, 1.82) is 0 Å². The third-order valence-corrected chi connectivity index (χ3v) is 5.30. The fraction of sp³-hybridized carbons (Fsp3) is 0.273. The maximum atomic E-state index is 11.2. The summed E-state index contributed by atoms with van der Waals surface area (Å²) in [6, 6.07) is 3.83. The van der Waals surface area contributed by atoms with Crippen molar-refractivity contribution in [3.63, 3.8) is 0 Å². The molecular formula is C11H10BrNO2S2. The van der Waals surface area contributed by atoms with E-state index in [9.17, 15) is 4.79 Å². The van der Waals surface area contributed by atoms with E-state index in [4.69, 9.17) is 5.11 Å². The molecule has 0 amide bonds. The Hall–Kier alpha value is -0.720. The molecule has 0 atom stereocenters. The first-order chi connectivity index (χ1) is 7.99. The highest BCUT2D eigenvalue weighted by molar-refractivity contribution is 9.11. The lowest BCUT2D eigenvalue weighted by atomic mass is 10.2. The van der Waals surface area contributed by atoms with Gasteiger partial charge >= 0.3 is 5.97 Å². The molecule has 0 fully saturated rings. The summed E-state index contributed by atoms with van der Waals surface area (Å²) >= 11 is 6.36. The second kappa shape index (κ2) is 4.88. The molecule has 0 aliphatic carbocycles. The van der Waals surface area contributed by atoms with Crippen LogP contribution in [0.1, 0.15) is 35.3 Å². The second-order valence-corrected chi connectivity index (χ2v) is 7.29. The predicted molar refractivity (Wildman–Crippen MR) is 74.2 cm³/mol. The average molecular weight is 332 g/mol. The zero-order valence-electron chi connectivity index (χ0n) is 9.23. The Balaban J connectivity index is 2.55. The molecule has 0 bridgehead atoms. The Kier molecular flexibility index (Phi) is 3.65. The number of carboxylic acid groups (broad SMARTS) is 1. The normalized spacial score (nSPS) is 11.1. The van der Waals surface area contributed by atoms with Gasteiger partial charge < -0.3 is 5.11 Å². The molecule has 3 nitrogen and oxygen atoms in total. The third kappa shape index (κ3) is 2.59. The van der Waals surface area contributed by atoms with Crippen LogP contribution >= 0.6 is 38.6 Å². The molecule has 0 spiro atoms. The number of carbonyl (C=O) groups is 1. The van der Waals surface area contributed by atoms with E-state index in [-0.39, 0.29) is 11.6 Å². The van der Waals surface area contributed by atoms with Crippen molar-refractivity contribution in [2.75, 3.05) is 0 Å². The fourth-order valence-electron chi connectivity index (χ4n) is 1.33. The molecule has 2 heterocycles. The molecule has 0 unspecified atom stereocenters. The number of halogens is 1. The first-order valence-corrected chi connectivity index (χ1v) is 7.41. The summed E-state index contributed by atoms with van der Waals surface area (Å²) < 4.78 is 0.989. The van der Waals surface area contributed by atoms with E-state index in [2.05, 4.69) is 20.9 Å². The van der Waals surface area contributed by atoms with Crippen LogP contribution in [0.15, 0.2) is 15.9 Å². The minimum absolute atomic E-state index is 0.160. The summed E-state index contributed by atoms with van der Waals surface area (Å²) in [6.45, 7) is 4.02. The van der Waals surface area contributed by atoms with Crippen LogP contribution in [0.2, 0.25) is 0 Å². The topological polar surface area (TPSA) is 50.2 Å². The number of carboxylic acids is 1. The van der Waals surface area contributed by atoms with E-state index in [0.29, 0.717) is 0 Å². The highest BCUT2D eigenvalue weighted by Crippen LogP contribution is 2.38. The van der Waals surface area contributed by atoms with Crippen molar-refractivity contribution < 1.29 is 9.90 Å². The molecule has 0 aromatic carbocycles. The van der Waals surface area contributed by atoms with E-state index >= 15 is 0 Å². The molecule has 0 radical (unpaired) electrons. The van der Waals surface area contributed by atoms with Gasteiger partial charge in [-0.2, -0.15) is 0 Å². The third-order valence-electron chi connectivity index (χ3n) is 2.14. The standard InChI is InChI=1S/C11H10BrNO2S2/c1-5(2)10-13-8(11(14)15)9(17-10)6-3-4-7(12)16-6/h3-5H,1-2H3,(H,14,15). The van der Waals surface area contributed by atoms with Crippen LogP contribution in [0.5, 0.6) is 0 Å². The number of aromatic nitrogens is 1. The van der Waals surface area contributed by atoms with Gasteiger partial charge in [-0.3, -0.25) is 0 Å². The van der Waals surface area contributed by atoms with Crippen LogP contribution in [-0.2, 0) is 0 Å². The van der Waals surface area contributed by atoms with Gasteiger partial charge in [-0.25, -0.2) is 9.78 Å². The summed E-state index contributed by atoms with van der Waals surface area (Å²) in [7, 11) is 0. The van der Waals surface area contributed by atoms with Gasteiger partial charge in [-0.1, -0.05) is 13.8 Å². The molecule has 2 aromatic heterocycles. The van der Waals surface area contributed by atoms with Crippen molar-refractivity contribution in [3.8, 4) is 9.75 Å². The number of thiazole rings is 1. The van der Waals surface area contributed by atoms with Gasteiger partial charge in [0, 0.05) is 10.8 Å². The Bertz CT molecular complexity index is 560. The molecule has 17 heavy (non-hydrogen) atoms. The molecule has 2 aromatic rings. The second-order valence-electron chi connectivity index (χ2n) is 3.79. The number of rotatable bonds is 3. The van der Waals surface area contributed by atoms with Crippen molar-refractivity contribution in [2.24, 2.45) is 0 Å². The van der Waals surface area contributed by atoms with Gasteiger partial charge in [-0.05, 0) is 28.1 Å². The number of hydrogen-bond acceptors (Lipinski definition) is 4. The Labute approximate surface area is 115 Å². The fourth-order valence-corrected chi connectivity index (χ4v) is 3.89. The summed E-state index contributed by atoms with van der Waals surface area (Å²) in [5.74, 6) is -0.720. The summed E-state index contributed by atoms with van der Waals surface area (Å²) in [5, 5.41) is 10.0. The molecule has 0 saturated heterocycles. The number of thiophene rings is 1. The predicted octanol–water partition coefficient (Wildman–Crippen LogP) is 4.46. The monoisotopic (exact) mass is 331 g/mol.